The van der Waals surface area contributed by atoms with Crippen molar-refractivity contribution >= 4 is 0 Å². The molecule has 0 spiro atoms. The summed E-state index contributed by atoms with van der Waals surface area (Å²) in [5.74, 6) is 0.741. The number of hydrogen-bond acceptors (Lipinski definition) is 2. The van der Waals surface area contributed by atoms with Gasteiger partial charge in [0.2, 0.25) is 5.88 Å². The summed E-state index contributed by atoms with van der Waals surface area (Å²) in [5, 5.41) is 4.09. The van der Waals surface area contributed by atoms with Crippen LogP contribution < -0.4 is 4.74 Å². The van der Waals surface area contributed by atoms with Crippen LogP contribution in [0.4, 0.5) is 0 Å². The number of hydrogen-bond donors (Lipinski definition) is 0. The van der Waals surface area contributed by atoms with Gasteiger partial charge in [-0.05, 0) is 13.8 Å². The summed E-state index contributed by atoms with van der Waals surface area (Å²) in [7, 11) is 1.88. The number of aryl methyl sites for hydroxylation is 2. The molecule has 1 heterocycles. The standard InChI is InChI=1S/C7H12N2O.2C2H6/c1-4-10-7-6(2)5-9(3)8-7;2*1-2/h5H,4H2,1-3H3;2*1-2H3. The van der Waals surface area contributed by atoms with E-state index >= 15 is 0 Å². The Hall–Kier alpha value is -0.990. The van der Waals surface area contributed by atoms with Crippen molar-refractivity contribution in [1.29, 1.82) is 0 Å². The van der Waals surface area contributed by atoms with Gasteiger partial charge < -0.3 is 4.74 Å². The van der Waals surface area contributed by atoms with Crippen LogP contribution in [0.1, 0.15) is 40.2 Å². The summed E-state index contributed by atoms with van der Waals surface area (Å²) in [5.41, 5.74) is 1.09. The molecular formula is C11H24N2O. The minimum Gasteiger partial charge on any atom is -0.477 e. The molecule has 0 radical (unpaired) electrons. The van der Waals surface area contributed by atoms with Gasteiger partial charge in [-0.3, -0.25) is 4.68 Å². The lowest BCUT2D eigenvalue weighted by atomic mass is 10.4. The fourth-order valence-electron chi connectivity index (χ4n) is 0.866. The molecule has 0 unspecified atom stereocenters. The van der Waals surface area contributed by atoms with Gasteiger partial charge in [-0.1, -0.05) is 27.7 Å². The van der Waals surface area contributed by atoms with Crippen LogP contribution in [0.25, 0.3) is 0 Å². The van der Waals surface area contributed by atoms with Gasteiger partial charge >= 0.3 is 0 Å². The van der Waals surface area contributed by atoms with Crippen molar-refractivity contribution in [2.24, 2.45) is 7.05 Å². The van der Waals surface area contributed by atoms with Crippen molar-refractivity contribution in [3.8, 4) is 5.88 Å². The van der Waals surface area contributed by atoms with Gasteiger partial charge in [0.25, 0.3) is 0 Å². The molecule has 0 aliphatic heterocycles. The highest BCUT2D eigenvalue weighted by Crippen LogP contribution is 2.12. The highest BCUT2D eigenvalue weighted by molar-refractivity contribution is 5.20. The molecule has 84 valence electrons. The highest BCUT2D eigenvalue weighted by atomic mass is 16.5. The lowest BCUT2D eigenvalue weighted by molar-refractivity contribution is 0.321. The fourth-order valence-corrected chi connectivity index (χ4v) is 0.866. The topological polar surface area (TPSA) is 27.1 Å². The molecular weight excluding hydrogens is 176 g/mol. The zero-order valence-corrected chi connectivity index (χ0v) is 10.6. The molecule has 0 amide bonds. The Balaban J connectivity index is 0. The van der Waals surface area contributed by atoms with E-state index < -0.39 is 0 Å². The third-order valence-corrected chi connectivity index (χ3v) is 1.25. The fraction of sp³-hybridized carbons (Fsp3) is 0.727. The largest absolute Gasteiger partial charge is 0.477 e. The molecule has 1 aromatic heterocycles. The minimum absolute atomic E-state index is 0.678. The summed E-state index contributed by atoms with van der Waals surface area (Å²) < 4.78 is 6.98. The molecule has 0 atom stereocenters. The van der Waals surface area contributed by atoms with Gasteiger partial charge in [0.05, 0.1) is 6.61 Å². The predicted molar refractivity (Wildman–Crippen MR) is 61.8 cm³/mol. The first-order chi connectivity index (χ1) is 6.74. The van der Waals surface area contributed by atoms with Crippen LogP contribution >= 0.6 is 0 Å². The van der Waals surface area contributed by atoms with E-state index in [2.05, 4.69) is 5.10 Å². The molecule has 0 N–H and O–H groups in total. The Bertz CT molecular complexity index is 219. The van der Waals surface area contributed by atoms with Crippen molar-refractivity contribution in [1.82, 2.24) is 9.78 Å². The first-order valence-electron chi connectivity index (χ1n) is 5.37. The molecule has 0 bridgehead atoms. The van der Waals surface area contributed by atoms with Gasteiger partial charge in [0.15, 0.2) is 0 Å². The molecule has 0 aliphatic carbocycles. The second kappa shape index (κ2) is 10.1. The van der Waals surface area contributed by atoms with Crippen LogP contribution in [0.3, 0.4) is 0 Å². The number of ether oxygens (including phenoxy) is 1. The van der Waals surface area contributed by atoms with Gasteiger partial charge in [0, 0.05) is 18.8 Å². The molecule has 0 fully saturated rings. The van der Waals surface area contributed by atoms with Crippen molar-refractivity contribution in [2.45, 2.75) is 41.5 Å². The second-order valence-corrected chi connectivity index (χ2v) is 2.22. The van der Waals surface area contributed by atoms with Crippen LogP contribution in [-0.4, -0.2) is 16.4 Å². The minimum atomic E-state index is 0.678. The first kappa shape index (κ1) is 15.5. The lowest BCUT2D eigenvalue weighted by Gasteiger charge is -1.96. The smallest absolute Gasteiger partial charge is 0.235 e. The van der Waals surface area contributed by atoms with Crippen molar-refractivity contribution in [3.63, 3.8) is 0 Å². The molecule has 0 saturated heterocycles. The Kier molecular flexibility index (Phi) is 11.2. The normalized spacial score (nSPS) is 7.93. The summed E-state index contributed by atoms with van der Waals surface area (Å²) in [6.07, 6.45) is 1.94. The maximum atomic E-state index is 5.23. The molecule has 0 aromatic carbocycles. The molecule has 1 aromatic rings. The quantitative estimate of drug-likeness (QED) is 0.733. The highest BCUT2D eigenvalue weighted by Gasteiger charge is 2.01. The Morgan fingerprint density at radius 2 is 1.79 bits per heavy atom. The van der Waals surface area contributed by atoms with Gasteiger partial charge in [0.1, 0.15) is 0 Å². The van der Waals surface area contributed by atoms with Gasteiger partial charge in [-0.25, -0.2) is 0 Å². The van der Waals surface area contributed by atoms with Crippen LogP contribution in [0.2, 0.25) is 0 Å². The lowest BCUT2D eigenvalue weighted by Crippen LogP contribution is -1.94. The van der Waals surface area contributed by atoms with Crippen LogP contribution in [-0.2, 0) is 7.05 Å². The predicted octanol–water partition coefficient (Wildman–Crippen LogP) is 3.18. The average Bonchev–Trinajstić information content (AvgIpc) is 2.53. The summed E-state index contributed by atoms with van der Waals surface area (Å²) in [4.78, 5) is 0. The van der Waals surface area contributed by atoms with E-state index in [-0.39, 0.29) is 0 Å². The van der Waals surface area contributed by atoms with Gasteiger partial charge in [-0.2, -0.15) is 0 Å². The monoisotopic (exact) mass is 200 g/mol. The second-order valence-electron chi connectivity index (χ2n) is 2.22. The van der Waals surface area contributed by atoms with E-state index in [1.165, 1.54) is 0 Å². The number of nitrogens with zero attached hydrogens (tertiary/aromatic N) is 2. The summed E-state index contributed by atoms with van der Waals surface area (Å²) >= 11 is 0. The van der Waals surface area contributed by atoms with Gasteiger partial charge in [-0.15, -0.1) is 5.10 Å². The molecule has 1 rings (SSSR count). The zero-order valence-electron chi connectivity index (χ0n) is 10.6. The molecule has 0 saturated carbocycles. The van der Waals surface area contributed by atoms with Crippen LogP contribution in [0.5, 0.6) is 5.88 Å². The Morgan fingerprint density at radius 1 is 1.29 bits per heavy atom. The molecule has 3 heteroatoms. The Morgan fingerprint density at radius 3 is 2.07 bits per heavy atom. The summed E-state index contributed by atoms with van der Waals surface area (Å²) in [6.45, 7) is 12.6. The average molecular weight is 200 g/mol. The maximum Gasteiger partial charge on any atom is 0.235 e. The van der Waals surface area contributed by atoms with E-state index in [1.807, 2.05) is 54.8 Å². The third kappa shape index (κ3) is 5.62. The SMILES string of the molecule is CC.CC.CCOc1nn(C)cc1C. The van der Waals surface area contributed by atoms with E-state index in [4.69, 9.17) is 4.74 Å². The summed E-state index contributed by atoms with van der Waals surface area (Å²) in [6, 6.07) is 0. The van der Waals surface area contributed by atoms with E-state index in [0.29, 0.717) is 6.61 Å². The van der Waals surface area contributed by atoms with E-state index in [9.17, 15) is 0 Å². The number of rotatable bonds is 2. The van der Waals surface area contributed by atoms with Crippen molar-refractivity contribution in [3.05, 3.63) is 11.8 Å². The van der Waals surface area contributed by atoms with Crippen molar-refractivity contribution in [2.75, 3.05) is 6.61 Å². The zero-order chi connectivity index (χ0) is 11.6. The number of aromatic nitrogens is 2. The van der Waals surface area contributed by atoms with Crippen LogP contribution in [0.15, 0.2) is 6.20 Å². The molecule has 14 heavy (non-hydrogen) atoms. The Labute approximate surface area is 88.1 Å². The first-order valence-corrected chi connectivity index (χ1v) is 5.37. The molecule has 0 aliphatic rings. The van der Waals surface area contributed by atoms with E-state index in [0.717, 1.165) is 11.4 Å². The third-order valence-electron chi connectivity index (χ3n) is 1.25. The molecule has 3 nitrogen and oxygen atoms in total. The van der Waals surface area contributed by atoms with E-state index in [1.54, 1.807) is 4.68 Å². The van der Waals surface area contributed by atoms with Crippen LogP contribution in [0, 0.1) is 6.92 Å². The van der Waals surface area contributed by atoms with Crippen molar-refractivity contribution < 1.29 is 4.74 Å². The maximum absolute atomic E-state index is 5.23.